The molecule has 2 aliphatic rings. The zero-order valence-corrected chi connectivity index (χ0v) is 19.0. The Morgan fingerprint density at radius 1 is 1.15 bits per heavy atom. The van der Waals surface area contributed by atoms with Crippen LogP contribution in [0.15, 0.2) is 60.8 Å². The van der Waals surface area contributed by atoms with E-state index in [2.05, 4.69) is 28.5 Å². The lowest BCUT2D eigenvalue weighted by atomic mass is 9.86. The molecular weight excluding hydrogens is 438 g/mol. The molecule has 1 N–H and O–H groups in total. The van der Waals surface area contributed by atoms with E-state index in [9.17, 15) is 9.59 Å². The first kappa shape index (κ1) is 21.5. The summed E-state index contributed by atoms with van der Waals surface area (Å²) in [6, 6.07) is 17.1. The SMILES string of the molecule is C[C@H]1Oc2ccc(NC(=O)c3cccnc3Cl)cc2CN([C@@H]2CCCc3ccccc32)C1=O. The number of aryl methyl sites for hydroxylation is 1. The Balaban J connectivity index is 1.45. The Morgan fingerprint density at radius 2 is 2.00 bits per heavy atom. The predicted molar refractivity (Wildman–Crippen MR) is 126 cm³/mol. The van der Waals surface area contributed by atoms with E-state index in [1.807, 2.05) is 17.0 Å². The highest BCUT2D eigenvalue weighted by Gasteiger charge is 2.35. The molecule has 0 saturated heterocycles. The van der Waals surface area contributed by atoms with Crippen LogP contribution in [0.2, 0.25) is 5.15 Å². The van der Waals surface area contributed by atoms with Crippen LogP contribution in [0.3, 0.4) is 0 Å². The van der Waals surface area contributed by atoms with E-state index >= 15 is 0 Å². The summed E-state index contributed by atoms with van der Waals surface area (Å²) in [6.45, 7) is 2.20. The van der Waals surface area contributed by atoms with Crippen molar-refractivity contribution < 1.29 is 14.3 Å². The van der Waals surface area contributed by atoms with Gasteiger partial charge in [-0.2, -0.15) is 0 Å². The fourth-order valence-corrected chi connectivity index (χ4v) is 4.91. The molecule has 2 aromatic carbocycles. The molecule has 0 saturated carbocycles. The molecule has 5 rings (SSSR count). The van der Waals surface area contributed by atoms with Gasteiger partial charge in [0, 0.05) is 17.4 Å². The van der Waals surface area contributed by atoms with E-state index in [1.54, 1.807) is 31.2 Å². The number of nitrogens with zero attached hydrogens (tertiary/aromatic N) is 2. The number of rotatable bonds is 3. The van der Waals surface area contributed by atoms with Crippen molar-refractivity contribution in [1.29, 1.82) is 0 Å². The number of hydrogen-bond donors (Lipinski definition) is 1. The second-order valence-corrected chi connectivity index (χ2v) is 8.81. The lowest BCUT2D eigenvalue weighted by Crippen LogP contribution is -2.41. The fraction of sp³-hybridized carbons (Fsp3) is 0.269. The van der Waals surface area contributed by atoms with Gasteiger partial charge in [0.1, 0.15) is 10.9 Å². The molecular formula is C26H24ClN3O3. The van der Waals surface area contributed by atoms with Crippen LogP contribution in [0.25, 0.3) is 0 Å². The number of carbonyl (C=O) groups excluding carboxylic acids is 2. The van der Waals surface area contributed by atoms with Gasteiger partial charge in [0.15, 0.2) is 6.10 Å². The summed E-state index contributed by atoms with van der Waals surface area (Å²) in [5, 5.41) is 3.03. The standard InChI is InChI=1S/C26H24ClN3O3/c1-16-26(32)30(22-10-4-7-17-6-2-3-8-20(17)22)15-18-14-19(11-12-23(18)33-16)29-25(31)21-9-5-13-28-24(21)27/h2-3,5-6,8-9,11-14,16,22H,4,7,10,15H2,1H3,(H,29,31)/t16-,22-/m1/s1. The number of amides is 2. The number of halogens is 1. The summed E-state index contributed by atoms with van der Waals surface area (Å²) >= 11 is 6.06. The Hall–Kier alpha value is -3.38. The molecule has 1 aliphatic carbocycles. The number of nitrogens with one attached hydrogen (secondary N) is 1. The number of aromatic nitrogens is 1. The zero-order chi connectivity index (χ0) is 22.9. The van der Waals surface area contributed by atoms with E-state index in [4.69, 9.17) is 16.3 Å². The number of benzene rings is 2. The van der Waals surface area contributed by atoms with E-state index in [0.717, 1.165) is 24.8 Å². The van der Waals surface area contributed by atoms with Gasteiger partial charge in [-0.05, 0) is 67.6 Å². The Kier molecular flexibility index (Phi) is 5.77. The van der Waals surface area contributed by atoms with Crippen LogP contribution in [0.1, 0.15) is 52.9 Å². The van der Waals surface area contributed by atoms with Gasteiger partial charge < -0.3 is 15.0 Å². The maximum absolute atomic E-state index is 13.3. The van der Waals surface area contributed by atoms with Crippen molar-refractivity contribution in [2.24, 2.45) is 0 Å². The van der Waals surface area contributed by atoms with Gasteiger partial charge in [-0.15, -0.1) is 0 Å². The molecule has 0 fully saturated rings. The van der Waals surface area contributed by atoms with Gasteiger partial charge in [0.2, 0.25) is 0 Å². The number of carbonyl (C=O) groups is 2. The highest BCUT2D eigenvalue weighted by molar-refractivity contribution is 6.33. The first-order valence-electron chi connectivity index (χ1n) is 11.1. The molecule has 33 heavy (non-hydrogen) atoms. The largest absolute Gasteiger partial charge is 0.481 e. The van der Waals surface area contributed by atoms with Gasteiger partial charge in [-0.25, -0.2) is 4.98 Å². The van der Waals surface area contributed by atoms with Crippen LogP contribution in [0.4, 0.5) is 5.69 Å². The van der Waals surface area contributed by atoms with Gasteiger partial charge in [-0.1, -0.05) is 35.9 Å². The van der Waals surface area contributed by atoms with Crippen molar-refractivity contribution in [1.82, 2.24) is 9.88 Å². The van der Waals surface area contributed by atoms with Crippen molar-refractivity contribution in [2.45, 2.75) is 44.9 Å². The topological polar surface area (TPSA) is 71.5 Å². The molecule has 2 heterocycles. The van der Waals surface area contributed by atoms with Gasteiger partial charge in [0.25, 0.3) is 11.8 Å². The molecule has 2 amide bonds. The van der Waals surface area contributed by atoms with Crippen LogP contribution in [-0.4, -0.2) is 27.8 Å². The van der Waals surface area contributed by atoms with Gasteiger partial charge in [-0.3, -0.25) is 9.59 Å². The van der Waals surface area contributed by atoms with E-state index in [0.29, 0.717) is 23.5 Å². The van der Waals surface area contributed by atoms with Crippen LogP contribution >= 0.6 is 11.6 Å². The molecule has 1 aliphatic heterocycles. The molecule has 7 heteroatoms. The monoisotopic (exact) mass is 461 g/mol. The average molecular weight is 462 g/mol. The maximum atomic E-state index is 13.3. The van der Waals surface area contributed by atoms with Gasteiger partial charge in [0.05, 0.1) is 18.2 Å². The van der Waals surface area contributed by atoms with Crippen molar-refractivity contribution in [3.63, 3.8) is 0 Å². The van der Waals surface area contributed by atoms with Crippen LogP contribution in [0, 0.1) is 0 Å². The summed E-state index contributed by atoms with van der Waals surface area (Å²) in [5.74, 6) is 0.283. The normalized spacial score (nSPS) is 19.7. The average Bonchev–Trinajstić information content (AvgIpc) is 2.95. The van der Waals surface area contributed by atoms with E-state index in [-0.39, 0.29) is 23.0 Å². The maximum Gasteiger partial charge on any atom is 0.264 e. The number of fused-ring (bicyclic) bond motifs is 2. The third-order valence-electron chi connectivity index (χ3n) is 6.31. The lowest BCUT2D eigenvalue weighted by molar-refractivity contribution is -0.140. The number of anilines is 1. The molecule has 0 bridgehead atoms. The molecule has 0 unspecified atom stereocenters. The third-order valence-corrected chi connectivity index (χ3v) is 6.61. The lowest BCUT2D eigenvalue weighted by Gasteiger charge is -2.35. The Morgan fingerprint density at radius 3 is 2.85 bits per heavy atom. The second kappa shape index (κ2) is 8.87. The molecule has 0 radical (unpaired) electrons. The summed E-state index contributed by atoms with van der Waals surface area (Å²) in [6.07, 6.45) is 3.94. The number of hydrogen-bond acceptors (Lipinski definition) is 4. The highest BCUT2D eigenvalue weighted by atomic mass is 35.5. The van der Waals surface area contributed by atoms with Crippen molar-refractivity contribution >= 4 is 29.1 Å². The zero-order valence-electron chi connectivity index (χ0n) is 18.3. The fourth-order valence-electron chi connectivity index (χ4n) is 4.70. The Bertz CT molecular complexity index is 1230. The summed E-state index contributed by atoms with van der Waals surface area (Å²) < 4.78 is 6.01. The van der Waals surface area contributed by atoms with Crippen LogP contribution in [-0.2, 0) is 17.8 Å². The summed E-state index contributed by atoms with van der Waals surface area (Å²) in [7, 11) is 0. The minimum atomic E-state index is -0.588. The third kappa shape index (κ3) is 4.18. The minimum absolute atomic E-state index is 0.00639. The summed E-state index contributed by atoms with van der Waals surface area (Å²) in [5.41, 5.74) is 4.27. The highest BCUT2D eigenvalue weighted by Crippen LogP contribution is 2.38. The molecule has 1 aromatic heterocycles. The van der Waals surface area contributed by atoms with Crippen molar-refractivity contribution in [2.75, 3.05) is 5.32 Å². The number of ether oxygens (including phenoxy) is 1. The smallest absolute Gasteiger partial charge is 0.264 e. The van der Waals surface area contributed by atoms with Crippen LogP contribution in [0.5, 0.6) is 5.75 Å². The Labute approximate surface area is 197 Å². The van der Waals surface area contributed by atoms with E-state index < -0.39 is 6.10 Å². The first-order chi connectivity index (χ1) is 16.0. The van der Waals surface area contributed by atoms with Crippen molar-refractivity contribution in [3.8, 4) is 5.75 Å². The molecule has 0 spiro atoms. The minimum Gasteiger partial charge on any atom is -0.481 e. The molecule has 168 valence electrons. The van der Waals surface area contributed by atoms with Gasteiger partial charge >= 0.3 is 0 Å². The van der Waals surface area contributed by atoms with Crippen LogP contribution < -0.4 is 10.1 Å². The second-order valence-electron chi connectivity index (χ2n) is 8.45. The molecule has 3 aromatic rings. The summed E-state index contributed by atoms with van der Waals surface area (Å²) in [4.78, 5) is 31.9. The predicted octanol–water partition coefficient (Wildman–Crippen LogP) is 5.17. The quantitative estimate of drug-likeness (QED) is 0.546. The first-order valence-corrected chi connectivity index (χ1v) is 11.5. The number of pyridine rings is 1. The molecule has 6 nitrogen and oxygen atoms in total. The van der Waals surface area contributed by atoms with E-state index in [1.165, 1.54) is 17.3 Å². The van der Waals surface area contributed by atoms with Crippen molar-refractivity contribution in [3.05, 3.63) is 88.2 Å². The molecule has 2 atom stereocenters.